The van der Waals surface area contributed by atoms with Gasteiger partial charge < -0.3 is 14.4 Å². The van der Waals surface area contributed by atoms with Crippen molar-refractivity contribution in [3.8, 4) is 11.5 Å². The van der Waals surface area contributed by atoms with Crippen LogP contribution in [0, 0.1) is 15.9 Å². The molecule has 0 spiro atoms. The Morgan fingerprint density at radius 3 is 2.76 bits per heavy atom. The Balaban J connectivity index is 1.98. The van der Waals surface area contributed by atoms with Gasteiger partial charge in [0.15, 0.2) is 11.6 Å². The van der Waals surface area contributed by atoms with E-state index < -0.39 is 10.7 Å². The van der Waals surface area contributed by atoms with Gasteiger partial charge in [-0.1, -0.05) is 6.07 Å². The molecule has 0 saturated carbocycles. The predicted octanol–water partition coefficient (Wildman–Crippen LogP) is 3.70. The van der Waals surface area contributed by atoms with Crippen molar-refractivity contribution in [3.05, 3.63) is 57.4 Å². The molecule has 1 aliphatic heterocycles. The number of methoxy groups -OCH3 is 1. The molecule has 0 atom stereocenters. The number of hydrogen-bond acceptors (Lipinski definition) is 5. The number of nitrogens with zero attached hydrogens (tertiary/aromatic N) is 2. The molecule has 0 radical (unpaired) electrons. The van der Waals surface area contributed by atoms with Crippen molar-refractivity contribution in [2.45, 2.75) is 19.9 Å². The van der Waals surface area contributed by atoms with Gasteiger partial charge in [-0.05, 0) is 36.6 Å². The largest absolute Gasteiger partial charge is 0.494 e. The van der Waals surface area contributed by atoms with Crippen LogP contribution in [0.1, 0.15) is 18.1 Å². The van der Waals surface area contributed by atoms with Gasteiger partial charge in [-0.15, -0.1) is 0 Å². The van der Waals surface area contributed by atoms with Gasteiger partial charge in [-0.25, -0.2) is 4.39 Å². The van der Waals surface area contributed by atoms with E-state index in [9.17, 15) is 14.5 Å². The Morgan fingerprint density at radius 1 is 1.28 bits per heavy atom. The van der Waals surface area contributed by atoms with Crippen LogP contribution >= 0.6 is 0 Å². The average molecular weight is 346 g/mol. The topological polar surface area (TPSA) is 64.8 Å². The Morgan fingerprint density at radius 2 is 2.08 bits per heavy atom. The van der Waals surface area contributed by atoms with Gasteiger partial charge in [0.25, 0.3) is 5.69 Å². The minimum atomic E-state index is -0.742. The van der Waals surface area contributed by atoms with E-state index in [4.69, 9.17) is 9.47 Å². The van der Waals surface area contributed by atoms with Crippen molar-refractivity contribution < 1.29 is 18.8 Å². The van der Waals surface area contributed by atoms with E-state index >= 15 is 0 Å². The highest BCUT2D eigenvalue weighted by Crippen LogP contribution is 2.37. The number of halogens is 1. The molecule has 3 rings (SSSR count). The summed E-state index contributed by atoms with van der Waals surface area (Å²) < 4.78 is 24.4. The molecule has 2 aromatic carbocycles. The van der Waals surface area contributed by atoms with Gasteiger partial charge in [-0.3, -0.25) is 10.1 Å². The third kappa shape index (κ3) is 3.35. The van der Waals surface area contributed by atoms with Crippen molar-refractivity contribution in [1.29, 1.82) is 0 Å². The molecule has 25 heavy (non-hydrogen) atoms. The zero-order valence-electron chi connectivity index (χ0n) is 14.1. The summed E-state index contributed by atoms with van der Waals surface area (Å²) in [5.41, 5.74) is 2.34. The van der Waals surface area contributed by atoms with Crippen molar-refractivity contribution in [2.75, 3.05) is 25.2 Å². The van der Waals surface area contributed by atoms with Crippen LogP contribution in [0.2, 0.25) is 0 Å². The highest BCUT2D eigenvalue weighted by Gasteiger charge is 2.26. The molecule has 0 amide bonds. The number of fused-ring (bicyclic) bond motifs is 1. The van der Waals surface area contributed by atoms with E-state index in [0.29, 0.717) is 25.4 Å². The normalized spacial score (nSPS) is 13.3. The first kappa shape index (κ1) is 17.0. The van der Waals surface area contributed by atoms with E-state index in [0.717, 1.165) is 23.8 Å². The standard InChI is InChI=1S/C18H19FN2O4/c1-3-25-14-5-4-12-6-7-20(11-13(12)8-14)16-10-18(24-2)15(19)9-17(16)21(22)23/h4-5,8-10H,3,6-7,11H2,1-2H3. The van der Waals surface area contributed by atoms with Gasteiger partial charge in [0.05, 0.1) is 24.7 Å². The summed E-state index contributed by atoms with van der Waals surface area (Å²) in [4.78, 5) is 12.7. The molecule has 0 fully saturated rings. The zero-order valence-corrected chi connectivity index (χ0v) is 14.1. The molecule has 0 N–H and O–H groups in total. The first-order valence-electron chi connectivity index (χ1n) is 8.05. The Hall–Kier alpha value is -2.83. The monoisotopic (exact) mass is 346 g/mol. The number of anilines is 1. The van der Waals surface area contributed by atoms with E-state index in [1.54, 1.807) is 0 Å². The second-order valence-electron chi connectivity index (χ2n) is 5.77. The van der Waals surface area contributed by atoms with E-state index in [-0.39, 0.29) is 11.4 Å². The Labute approximate surface area is 144 Å². The summed E-state index contributed by atoms with van der Waals surface area (Å²) in [6.07, 6.45) is 0.749. The molecule has 7 heteroatoms. The lowest BCUT2D eigenvalue weighted by molar-refractivity contribution is -0.384. The lowest BCUT2D eigenvalue weighted by atomic mass is 9.98. The molecule has 6 nitrogen and oxygen atoms in total. The quantitative estimate of drug-likeness (QED) is 0.610. The molecule has 0 aliphatic carbocycles. The fraction of sp³-hybridized carbons (Fsp3) is 0.333. The van der Waals surface area contributed by atoms with Gasteiger partial charge in [0, 0.05) is 19.2 Å². The minimum absolute atomic E-state index is 0.00513. The zero-order chi connectivity index (χ0) is 18.0. The van der Waals surface area contributed by atoms with Gasteiger partial charge in [-0.2, -0.15) is 0 Å². The maximum Gasteiger partial charge on any atom is 0.295 e. The Kier molecular flexibility index (Phi) is 4.74. The summed E-state index contributed by atoms with van der Waals surface area (Å²) in [6.45, 7) is 3.59. The minimum Gasteiger partial charge on any atom is -0.494 e. The smallest absolute Gasteiger partial charge is 0.295 e. The van der Waals surface area contributed by atoms with Crippen molar-refractivity contribution in [3.63, 3.8) is 0 Å². The highest BCUT2D eigenvalue weighted by molar-refractivity contribution is 5.67. The Bertz CT molecular complexity index is 810. The second kappa shape index (κ2) is 6.96. The van der Waals surface area contributed by atoms with Gasteiger partial charge >= 0.3 is 0 Å². The molecule has 1 heterocycles. The third-order valence-electron chi connectivity index (χ3n) is 4.29. The average Bonchev–Trinajstić information content (AvgIpc) is 2.61. The van der Waals surface area contributed by atoms with Gasteiger partial charge in [0.2, 0.25) is 0 Å². The number of hydrogen-bond donors (Lipinski definition) is 0. The molecular formula is C18H19FN2O4. The SMILES string of the molecule is CCOc1ccc2c(c1)CN(c1cc(OC)c(F)cc1[N+](=O)[O-])CC2. The maximum atomic E-state index is 13.9. The van der Waals surface area contributed by atoms with Crippen molar-refractivity contribution >= 4 is 11.4 Å². The molecular weight excluding hydrogens is 327 g/mol. The lowest BCUT2D eigenvalue weighted by Crippen LogP contribution is -2.31. The molecule has 0 saturated heterocycles. The summed E-state index contributed by atoms with van der Waals surface area (Å²) in [6, 6.07) is 8.22. The summed E-state index contributed by atoms with van der Waals surface area (Å²) in [5.74, 6) is 0.0257. The lowest BCUT2D eigenvalue weighted by Gasteiger charge is -2.31. The van der Waals surface area contributed by atoms with E-state index in [2.05, 4.69) is 0 Å². The van der Waals surface area contributed by atoms with Crippen molar-refractivity contribution in [2.24, 2.45) is 0 Å². The number of rotatable bonds is 5. The van der Waals surface area contributed by atoms with Crippen molar-refractivity contribution in [1.82, 2.24) is 0 Å². The number of benzene rings is 2. The second-order valence-corrected chi connectivity index (χ2v) is 5.77. The molecule has 132 valence electrons. The van der Waals surface area contributed by atoms with Crippen LogP contribution in [0.4, 0.5) is 15.8 Å². The summed E-state index contributed by atoms with van der Waals surface area (Å²) in [7, 11) is 1.34. The maximum absolute atomic E-state index is 13.9. The van der Waals surface area contributed by atoms with Crippen LogP contribution in [0.25, 0.3) is 0 Å². The third-order valence-corrected chi connectivity index (χ3v) is 4.29. The molecule has 0 bridgehead atoms. The van der Waals surface area contributed by atoms with Crippen LogP contribution in [-0.4, -0.2) is 25.2 Å². The summed E-state index contributed by atoms with van der Waals surface area (Å²) >= 11 is 0. The molecule has 2 aromatic rings. The highest BCUT2D eigenvalue weighted by atomic mass is 19.1. The van der Waals surface area contributed by atoms with E-state index in [1.165, 1.54) is 18.7 Å². The van der Waals surface area contributed by atoms with Crippen LogP contribution in [0.3, 0.4) is 0 Å². The van der Waals surface area contributed by atoms with Crippen LogP contribution in [-0.2, 0) is 13.0 Å². The van der Waals surface area contributed by atoms with Gasteiger partial charge in [0.1, 0.15) is 11.4 Å². The number of ether oxygens (including phenoxy) is 2. The fourth-order valence-corrected chi connectivity index (χ4v) is 3.08. The van der Waals surface area contributed by atoms with Crippen LogP contribution in [0.5, 0.6) is 11.5 Å². The molecule has 1 aliphatic rings. The first-order valence-corrected chi connectivity index (χ1v) is 8.05. The van der Waals surface area contributed by atoms with Crippen LogP contribution in [0.15, 0.2) is 30.3 Å². The number of nitro groups is 1. The fourth-order valence-electron chi connectivity index (χ4n) is 3.08. The summed E-state index contributed by atoms with van der Waals surface area (Å²) in [5, 5.41) is 11.4. The number of nitro benzene ring substituents is 1. The van der Waals surface area contributed by atoms with E-state index in [1.807, 2.05) is 30.0 Å². The predicted molar refractivity (Wildman–Crippen MR) is 92.0 cm³/mol. The molecule has 0 aromatic heterocycles. The van der Waals surface area contributed by atoms with Crippen LogP contribution < -0.4 is 14.4 Å². The first-order chi connectivity index (χ1) is 12.0. The molecule has 0 unspecified atom stereocenters.